The van der Waals surface area contributed by atoms with Gasteiger partial charge in [-0.25, -0.2) is 4.98 Å². The number of rotatable bonds is 3. The number of hydrogen-bond donors (Lipinski definition) is 0. The minimum Gasteiger partial charge on any atom is -0.347 e. The average Bonchev–Trinajstić information content (AvgIpc) is 2.35. The second-order valence-corrected chi connectivity index (χ2v) is 5.79. The minimum absolute atomic E-state index is 0.224. The van der Waals surface area contributed by atoms with Gasteiger partial charge in [-0.15, -0.1) is 0 Å². The lowest BCUT2D eigenvalue weighted by Gasteiger charge is -2.42. The first-order valence-corrected chi connectivity index (χ1v) is 7.01. The molecule has 19 heavy (non-hydrogen) atoms. The molecule has 1 aromatic rings. The van der Waals surface area contributed by atoms with Gasteiger partial charge in [-0.2, -0.15) is 4.98 Å². The molecule has 0 fully saturated rings. The SMILES string of the molecule is C=C1[C@@H](C)N(CCC(C)C)c2nc(Cl)ncc2N1C. The van der Waals surface area contributed by atoms with Crippen molar-refractivity contribution in [2.75, 3.05) is 23.4 Å². The molecule has 0 spiro atoms. The largest absolute Gasteiger partial charge is 0.347 e. The van der Waals surface area contributed by atoms with E-state index in [1.165, 1.54) is 0 Å². The highest BCUT2D eigenvalue weighted by Gasteiger charge is 2.31. The molecule has 0 saturated carbocycles. The highest BCUT2D eigenvalue weighted by Crippen LogP contribution is 2.37. The number of anilines is 2. The summed E-state index contributed by atoms with van der Waals surface area (Å²) < 4.78 is 0. The third-order valence-electron chi connectivity index (χ3n) is 3.68. The monoisotopic (exact) mass is 280 g/mol. The van der Waals surface area contributed by atoms with E-state index in [9.17, 15) is 0 Å². The summed E-state index contributed by atoms with van der Waals surface area (Å²) in [5.41, 5.74) is 2.03. The molecule has 1 atom stereocenters. The fourth-order valence-corrected chi connectivity index (χ4v) is 2.42. The molecule has 0 saturated heterocycles. The van der Waals surface area contributed by atoms with Gasteiger partial charge < -0.3 is 9.80 Å². The van der Waals surface area contributed by atoms with Crippen molar-refractivity contribution in [3.05, 3.63) is 23.8 Å². The molecule has 0 unspecified atom stereocenters. The molecule has 0 amide bonds. The summed E-state index contributed by atoms with van der Waals surface area (Å²) in [6.45, 7) is 11.7. The number of halogens is 1. The fraction of sp³-hybridized carbons (Fsp3) is 0.571. The van der Waals surface area contributed by atoms with Crippen molar-refractivity contribution in [3.8, 4) is 0 Å². The number of likely N-dealkylation sites (N-methyl/N-ethyl adjacent to an activating group) is 1. The van der Waals surface area contributed by atoms with Gasteiger partial charge in [0.2, 0.25) is 5.28 Å². The van der Waals surface area contributed by atoms with Crippen molar-refractivity contribution in [2.24, 2.45) is 5.92 Å². The first-order chi connectivity index (χ1) is 8.91. The summed E-state index contributed by atoms with van der Waals surface area (Å²) in [5, 5.41) is 0.293. The number of aromatic nitrogens is 2. The first-order valence-electron chi connectivity index (χ1n) is 6.63. The van der Waals surface area contributed by atoms with E-state index in [0.29, 0.717) is 11.2 Å². The van der Waals surface area contributed by atoms with Crippen LogP contribution in [0.3, 0.4) is 0 Å². The van der Waals surface area contributed by atoms with Gasteiger partial charge >= 0.3 is 0 Å². The Kier molecular flexibility index (Phi) is 3.99. The lowest BCUT2D eigenvalue weighted by molar-refractivity contribution is 0.546. The summed E-state index contributed by atoms with van der Waals surface area (Å²) in [5.74, 6) is 1.56. The summed E-state index contributed by atoms with van der Waals surface area (Å²) >= 11 is 5.95. The van der Waals surface area contributed by atoms with E-state index in [4.69, 9.17) is 11.6 Å². The van der Waals surface area contributed by atoms with Gasteiger partial charge in [0.15, 0.2) is 5.82 Å². The summed E-state index contributed by atoms with van der Waals surface area (Å²) in [4.78, 5) is 12.8. The van der Waals surface area contributed by atoms with Crippen LogP contribution in [0.1, 0.15) is 27.2 Å². The smallest absolute Gasteiger partial charge is 0.224 e. The van der Waals surface area contributed by atoms with Crippen LogP contribution in [0.5, 0.6) is 0 Å². The van der Waals surface area contributed by atoms with Crippen molar-refractivity contribution in [2.45, 2.75) is 33.2 Å². The Morgan fingerprint density at radius 1 is 1.47 bits per heavy atom. The Labute approximate surface area is 120 Å². The van der Waals surface area contributed by atoms with Crippen molar-refractivity contribution < 1.29 is 0 Å². The maximum atomic E-state index is 5.95. The van der Waals surface area contributed by atoms with Gasteiger partial charge in [0.1, 0.15) is 5.69 Å². The zero-order chi connectivity index (χ0) is 14.2. The van der Waals surface area contributed by atoms with Gasteiger partial charge in [-0.3, -0.25) is 0 Å². The van der Waals surface area contributed by atoms with E-state index in [-0.39, 0.29) is 6.04 Å². The van der Waals surface area contributed by atoms with Gasteiger partial charge in [0, 0.05) is 19.3 Å². The van der Waals surface area contributed by atoms with Gasteiger partial charge in [0.25, 0.3) is 0 Å². The summed E-state index contributed by atoms with van der Waals surface area (Å²) in [7, 11) is 1.99. The molecule has 0 aliphatic carbocycles. The normalized spacial score (nSPS) is 19.1. The van der Waals surface area contributed by atoms with E-state index >= 15 is 0 Å². The quantitative estimate of drug-likeness (QED) is 0.795. The molecule has 104 valence electrons. The van der Waals surface area contributed by atoms with Crippen molar-refractivity contribution >= 4 is 23.1 Å². The predicted octanol–water partition coefficient (Wildman–Crippen LogP) is 3.33. The third kappa shape index (κ3) is 2.68. The van der Waals surface area contributed by atoms with Crippen LogP contribution in [0.15, 0.2) is 18.5 Å². The zero-order valence-corrected chi connectivity index (χ0v) is 12.8. The Morgan fingerprint density at radius 3 is 2.79 bits per heavy atom. The second-order valence-electron chi connectivity index (χ2n) is 5.45. The zero-order valence-electron chi connectivity index (χ0n) is 12.0. The van der Waals surface area contributed by atoms with Crippen LogP contribution in [0, 0.1) is 5.92 Å². The lowest BCUT2D eigenvalue weighted by atomic mass is 10.1. The van der Waals surface area contributed by atoms with Gasteiger partial charge in [-0.1, -0.05) is 20.4 Å². The molecule has 0 aromatic carbocycles. The molecule has 2 rings (SSSR count). The Morgan fingerprint density at radius 2 is 2.16 bits per heavy atom. The van der Waals surface area contributed by atoms with Gasteiger partial charge in [0.05, 0.1) is 12.2 Å². The van der Waals surface area contributed by atoms with Crippen LogP contribution < -0.4 is 9.80 Å². The standard InChI is InChI=1S/C14H21ClN4/c1-9(2)6-7-19-11(4)10(3)18(5)12-8-16-14(15)17-13(12)19/h8-9,11H,3,6-7H2,1-2,4-5H3/t11-/m1/s1. The number of nitrogens with zero attached hydrogens (tertiary/aromatic N) is 4. The molecule has 1 aromatic heterocycles. The van der Waals surface area contributed by atoms with Crippen LogP contribution in [0.4, 0.5) is 11.5 Å². The van der Waals surface area contributed by atoms with E-state index in [1.807, 2.05) is 11.9 Å². The molecular weight excluding hydrogens is 260 g/mol. The highest BCUT2D eigenvalue weighted by atomic mass is 35.5. The Bertz CT molecular complexity index is 486. The Hall–Kier alpha value is -1.29. The molecule has 0 bridgehead atoms. The molecule has 1 aliphatic heterocycles. The van der Waals surface area contributed by atoms with Crippen molar-refractivity contribution in [1.29, 1.82) is 0 Å². The fourth-order valence-electron chi connectivity index (χ4n) is 2.29. The lowest BCUT2D eigenvalue weighted by Crippen LogP contribution is -2.45. The van der Waals surface area contributed by atoms with Crippen LogP contribution in [0.25, 0.3) is 0 Å². The van der Waals surface area contributed by atoms with Crippen LogP contribution >= 0.6 is 11.6 Å². The van der Waals surface area contributed by atoms with E-state index < -0.39 is 0 Å². The van der Waals surface area contributed by atoms with E-state index in [0.717, 1.165) is 30.2 Å². The molecule has 4 nitrogen and oxygen atoms in total. The predicted molar refractivity (Wildman–Crippen MR) is 80.8 cm³/mol. The second kappa shape index (κ2) is 5.37. The van der Waals surface area contributed by atoms with E-state index in [2.05, 4.69) is 42.2 Å². The van der Waals surface area contributed by atoms with Crippen molar-refractivity contribution in [3.63, 3.8) is 0 Å². The van der Waals surface area contributed by atoms with Crippen LogP contribution in [0.2, 0.25) is 5.28 Å². The molecule has 5 heteroatoms. The van der Waals surface area contributed by atoms with Gasteiger partial charge in [-0.05, 0) is 30.9 Å². The highest BCUT2D eigenvalue weighted by molar-refractivity contribution is 6.28. The topological polar surface area (TPSA) is 32.3 Å². The molecule has 2 heterocycles. The minimum atomic E-state index is 0.224. The van der Waals surface area contributed by atoms with E-state index in [1.54, 1.807) is 6.20 Å². The number of hydrogen-bond acceptors (Lipinski definition) is 4. The van der Waals surface area contributed by atoms with Crippen LogP contribution in [-0.2, 0) is 0 Å². The third-order valence-corrected chi connectivity index (χ3v) is 3.86. The van der Waals surface area contributed by atoms with Crippen LogP contribution in [-0.4, -0.2) is 29.6 Å². The number of fused-ring (bicyclic) bond motifs is 1. The summed E-state index contributed by atoms with van der Waals surface area (Å²) in [6, 6.07) is 0.224. The summed E-state index contributed by atoms with van der Waals surface area (Å²) in [6.07, 6.45) is 2.88. The molecule has 0 N–H and O–H groups in total. The average molecular weight is 281 g/mol. The molecular formula is C14H21ClN4. The Balaban J connectivity index is 2.39. The maximum absolute atomic E-state index is 5.95. The van der Waals surface area contributed by atoms with Crippen molar-refractivity contribution in [1.82, 2.24) is 9.97 Å². The maximum Gasteiger partial charge on any atom is 0.224 e. The molecule has 0 radical (unpaired) electrons. The molecule has 1 aliphatic rings. The first kappa shape index (κ1) is 14.1.